The highest BCUT2D eigenvalue weighted by atomic mass is 32.2. The average molecular weight is 876 g/mol. The minimum atomic E-state index is -0.890. The molecule has 60 heavy (non-hydrogen) atoms. The first kappa shape index (κ1) is 44.7. The second-order valence-corrected chi connectivity index (χ2v) is 16.4. The summed E-state index contributed by atoms with van der Waals surface area (Å²) in [5.74, 6) is -0.665. The topological polar surface area (TPSA) is 212 Å². The summed E-state index contributed by atoms with van der Waals surface area (Å²) in [4.78, 5) is 71.9. The van der Waals surface area contributed by atoms with E-state index in [9.17, 15) is 34.2 Å². The fourth-order valence-electron chi connectivity index (χ4n) is 7.07. The molecule has 3 saturated heterocycles. The molecule has 4 atom stereocenters. The Hall–Kier alpha value is -4.83. The van der Waals surface area contributed by atoms with Crippen molar-refractivity contribution < 1.29 is 57.5 Å². The van der Waals surface area contributed by atoms with Gasteiger partial charge in [0, 0.05) is 63.3 Å². The molecule has 6 rings (SSSR count). The van der Waals surface area contributed by atoms with Crippen LogP contribution in [-0.4, -0.2) is 175 Å². The van der Waals surface area contributed by atoms with E-state index in [-0.39, 0.29) is 75.1 Å². The lowest BCUT2D eigenvalue weighted by Crippen LogP contribution is -2.49. The zero-order chi connectivity index (χ0) is 42.6. The number of aliphatic carboxylic acids is 1. The molecule has 2 aromatic rings. The fourth-order valence-corrected chi connectivity index (χ4v) is 9.86. The van der Waals surface area contributed by atoms with Crippen LogP contribution in [-0.2, 0) is 33.3 Å². The number of benzene rings is 2. The third kappa shape index (κ3) is 11.9. The average Bonchev–Trinajstić information content (AvgIpc) is 3.98. The van der Waals surface area contributed by atoms with Crippen molar-refractivity contribution in [1.29, 1.82) is 0 Å². The first-order valence-corrected chi connectivity index (χ1v) is 21.7. The van der Waals surface area contributed by atoms with Crippen LogP contribution in [0.15, 0.2) is 47.5 Å². The molecule has 0 radical (unpaired) electrons. The Morgan fingerprint density at radius 3 is 2.52 bits per heavy atom. The van der Waals surface area contributed by atoms with Gasteiger partial charge in [-0.25, -0.2) is 14.0 Å². The van der Waals surface area contributed by atoms with Crippen LogP contribution in [0.5, 0.6) is 5.75 Å². The van der Waals surface area contributed by atoms with Gasteiger partial charge >= 0.3 is 18.2 Å². The second kappa shape index (κ2) is 21.6. The number of anilines is 2. The van der Waals surface area contributed by atoms with Gasteiger partial charge in [-0.15, -0.1) is 23.5 Å². The predicted octanol–water partition coefficient (Wildman–Crippen LogP) is 2.18. The van der Waals surface area contributed by atoms with Crippen LogP contribution in [0.25, 0.3) is 0 Å². The van der Waals surface area contributed by atoms with Crippen LogP contribution in [0.2, 0.25) is 0 Å². The molecule has 4 N–H and O–H groups in total. The number of carboxylic acid groups (broad SMARTS) is 1. The monoisotopic (exact) mass is 875 g/mol. The molecule has 0 bridgehead atoms. The zero-order valence-corrected chi connectivity index (χ0v) is 34.8. The number of hydrogen-bond donors (Lipinski definition) is 4. The molecule has 0 aliphatic carbocycles. The molecular weight excluding hydrogens is 826 g/mol. The van der Waals surface area contributed by atoms with Crippen molar-refractivity contribution in [3.05, 3.63) is 53.8 Å². The summed E-state index contributed by atoms with van der Waals surface area (Å²) in [5.41, 5.74) is 1.36. The quantitative estimate of drug-likeness (QED) is 0.149. The Morgan fingerprint density at radius 1 is 1.00 bits per heavy atom. The van der Waals surface area contributed by atoms with Gasteiger partial charge in [0.25, 0.3) is 0 Å². The summed E-state index contributed by atoms with van der Waals surface area (Å²) in [6.45, 7) is 4.22. The molecule has 0 aromatic heterocycles. The second-order valence-electron chi connectivity index (χ2n) is 14.3. The molecule has 0 saturated carbocycles. The predicted molar refractivity (Wildman–Crippen MR) is 222 cm³/mol. The van der Waals surface area contributed by atoms with Gasteiger partial charge in [0.15, 0.2) is 0 Å². The SMILES string of the molecule is CC(=O)NC[C@H]1CN(c2ccc(N3CCN(C(=O)OCCOCCOCC(=O)NCCCN4C([C@H]5CSC(c6ccccc6O)=N5)SC[C@H]4C(=O)O)CC3)c(F)c2)C(=O)O1. The van der Waals surface area contributed by atoms with Crippen LogP contribution in [0, 0.1) is 5.82 Å². The summed E-state index contributed by atoms with van der Waals surface area (Å²) in [6, 6.07) is 10.7. The first-order valence-electron chi connectivity index (χ1n) is 19.7. The Kier molecular flexibility index (Phi) is 16.1. The Balaban J connectivity index is 0.800. The number of nitrogens with zero attached hydrogens (tertiary/aromatic N) is 5. The molecule has 1 unspecified atom stereocenters. The number of aromatic hydroxyl groups is 1. The van der Waals surface area contributed by atoms with E-state index >= 15 is 4.39 Å². The fraction of sp³-hybridized carbons (Fsp3) is 0.538. The maximum Gasteiger partial charge on any atom is 0.414 e. The normalized spacial score (nSPS) is 21.8. The summed E-state index contributed by atoms with van der Waals surface area (Å²) in [7, 11) is 0. The maximum atomic E-state index is 15.2. The van der Waals surface area contributed by atoms with Crippen molar-refractivity contribution in [1.82, 2.24) is 20.4 Å². The van der Waals surface area contributed by atoms with Gasteiger partial charge in [-0.3, -0.25) is 29.2 Å². The molecule has 4 aliphatic rings. The summed E-state index contributed by atoms with van der Waals surface area (Å²) in [6.07, 6.45) is -1.12. The highest BCUT2D eigenvalue weighted by Gasteiger charge is 2.43. The van der Waals surface area contributed by atoms with Gasteiger partial charge in [-0.1, -0.05) is 12.1 Å². The Bertz CT molecular complexity index is 1890. The molecule has 3 fully saturated rings. The number of carbonyl (C=O) groups excluding carboxylic acids is 4. The maximum absolute atomic E-state index is 15.2. The molecule has 21 heteroatoms. The minimum Gasteiger partial charge on any atom is -0.507 e. The zero-order valence-electron chi connectivity index (χ0n) is 33.2. The number of piperazine rings is 1. The number of carbonyl (C=O) groups is 5. The van der Waals surface area contributed by atoms with Crippen LogP contribution >= 0.6 is 23.5 Å². The van der Waals surface area contributed by atoms with Gasteiger partial charge in [-0.2, -0.15) is 0 Å². The number of nitrogens with one attached hydrogen (secondary N) is 2. The van der Waals surface area contributed by atoms with Crippen molar-refractivity contribution in [2.45, 2.75) is 36.9 Å². The minimum absolute atomic E-state index is 0.0169. The summed E-state index contributed by atoms with van der Waals surface area (Å²) < 4.78 is 36.6. The largest absolute Gasteiger partial charge is 0.507 e. The van der Waals surface area contributed by atoms with Gasteiger partial charge in [0.1, 0.15) is 42.0 Å². The lowest BCUT2D eigenvalue weighted by Gasteiger charge is -2.35. The van der Waals surface area contributed by atoms with Crippen LogP contribution in [0.1, 0.15) is 18.9 Å². The van der Waals surface area contributed by atoms with Crippen LogP contribution in [0.3, 0.4) is 0 Å². The van der Waals surface area contributed by atoms with E-state index in [1.54, 1.807) is 47.8 Å². The molecule has 326 valence electrons. The number of ether oxygens (including phenoxy) is 4. The van der Waals surface area contributed by atoms with Crippen molar-refractivity contribution in [2.75, 3.05) is 107 Å². The highest BCUT2D eigenvalue weighted by Crippen LogP contribution is 2.38. The number of carboxylic acids is 1. The van der Waals surface area contributed by atoms with E-state index in [0.29, 0.717) is 74.1 Å². The Labute approximate surface area is 355 Å². The lowest BCUT2D eigenvalue weighted by atomic mass is 10.2. The van der Waals surface area contributed by atoms with E-state index in [1.165, 1.54) is 22.8 Å². The molecule has 18 nitrogen and oxygen atoms in total. The van der Waals surface area contributed by atoms with Gasteiger partial charge in [0.05, 0.1) is 55.7 Å². The number of rotatable bonds is 19. The highest BCUT2D eigenvalue weighted by molar-refractivity contribution is 8.14. The number of para-hydroxylation sites is 1. The number of phenolic OH excluding ortho intramolecular Hbond substituents is 1. The number of amides is 4. The molecule has 4 amide bonds. The van der Waals surface area contributed by atoms with Crippen LogP contribution < -0.4 is 20.4 Å². The van der Waals surface area contributed by atoms with Gasteiger partial charge in [0.2, 0.25) is 11.8 Å². The molecule has 4 aliphatic heterocycles. The summed E-state index contributed by atoms with van der Waals surface area (Å²) >= 11 is 3.12. The number of halogens is 1. The third-order valence-corrected chi connectivity index (χ3v) is 12.7. The van der Waals surface area contributed by atoms with E-state index in [4.69, 9.17) is 23.9 Å². The van der Waals surface area contributed by atoms with E-state index < -0.39 is 36.1 Å². The first-order chi connectivity index (χ1) is 29.0. The number of thioether (sulfide) groups is 2. The molecular formula is C39H50FN7O11S2. The smallest absolute Gasteiger partial charge is 0.414 e. The van der Waals surface area contributed by atoms with Crippen molar-refractivity contribution in [2.24, 2.45) is 4.99 Å². The molecule has 2 aromatic carbocycles. The van der Waals surface area contributed by atoms with E-state index in [1.807, 2.05) is 21.9 Å². The number of aliphatic imine (C=N–C) groups is 1. The van der Waals surface area contributed by atoms with Crippen LogP contribution in [0.4, 0.5) is 25.4 Å². The number of hydrogen-bond acceptors (Lipinski definition) is 15. The standard InChI is InChI=1S/C39H50FN7O11S2/c1-25(48)42-20-27-21-47(39(54)58-27)26-7-8-31(29(40)19-26)44-11-13-45(14-12-44)38(53)57-18-17-55-15-16-56-22-34(50)41-9-4-10-46-32(37(51)52)24-60-36(46)30-23-59-35(43-30)28-5-2-3-6-33(28)49/h2-3,5-8,19,27,30,32,36,49H,4,9-18,20-24H2,1H3,(H,41,50)(H,42,48)(H,51,52)/t27-,30+,32-,36?/m0/s1. The number of phenols is 1. The molecule has 0 spiro atoms. The summed E-state index contributed by atoms with van der Waals surface area (Å²) in [5, 5.41) is 26.1. The third-order valence-electron chi connectivity index (χ3n) is 10.1. The van der Waals surface area contributed by atoms with E-state index in [0.717, 1.165) is 5.04 Å². The Morgan fingerprint density at radius 2 is 1.77 bits per heavy atom. The van der Waals surface area contributed by atoms with Crippen molar-refractivity contribution in [3.63, 3.8) is 0 Å². The van der Waals surface area contributed by atoms with Gasteiger partial charge < -0.3 is 49.6 Å². The van der Waals surface area contributed by atoms with Gasteiger partial charge in [-0.05, 0) is 36.8 Å². The van der Waals surface area contributed by atoms with Crippen molar-refractivity contribution in [3.8, 4) is 5.75 Å². The molecule has 4 heterocycles. The number of cyclic esters (lactones) is 1. The van der Waals surface area contributed by atoms with E-state index in [2.05, 4.69) is 10.6 Å². The van der Waals surface area contributed by atoms with Crippen molar-refractivity contribution >= 4 is 69.9 Å². The lowest BCUT2D eigenvalue weighted by molar-refractivity contribution is -0.142.